The highest BCUT2D eigenvalue weighted by atomic mass is 79.9. The first kappa shape index (κ1) is 15.8. The van der Waals surface area contributed by atoms with E-state index in [1.807, 2.05) is 20.0 Å². The number of benzene rings is 1. The molecule has 0 bridgehead atoms. The first-order chi connectivity index (χ1) is 9.74. The summed E-state index contributed by atoms with van der Waals surface area (Å²) in [5.41, 5.74) is 1.29. The minimum Gasteiger partial charge on any atom is -0.494 e. The molecular formula is C16H24BrNO2. The van der Waals surface area contributed by atoms with Crippen LogP contribution in [-0.2, 0) is 4.74 Å². The van der Waals surface area contributed by atoms with Gasteiger partial charge in [-0.05, 0) is 57.4 Å². The third-order valence-corrected chi connectivity index (χ3v) is 4.49. The highest BCUT2D eigenvalue weighted by Gasteiger charge is 2.19. The van der Waals surface area contributed by atoms with Crippen LogP contribution in [0.2, 0.25) is 0 Å². The van der Waals surface area contributed by atoms with E-state index in [4.69, 9.17) is 9.47 Å². The molecule has 20 heavy (non-hydrogen) atoms. The van der Waals surface area contributed by atoms with Gasteiger partial charge in [0.25, 0.3) is 0 Å². The molecule has 2 atom stereocenters. The normalized spacial score (nSPS) is 20.1. The summed E-state index contributed by atoms with van der Waals surface area (Å²) >= 11 is 3.66. The van der Waals surface area contributed by atoms with Gasteiger partial charge in [0.05, 0.1) is 12.7 Å². The third-order valence-electron chi connectivity index (χ3n) is 3.81. The minimum atomic E-state index is 0.351. The fraction of sp³-hybridized carbons (Fsp3) is 0.625. The van der Waals surface area contributed by atoms with Crippen molar-refractivity contribution in [1.82, 2.24) is 5.32 Å². The van der Waals surface area contributed by atoms with Crippen LogP contribution in [0.5, 0.6) is 5.75 Å². The highest BCUT2D eigenvalue weighted by molar-refractivity contribution is 9.10. The molecule has 1 N–H and O–H groups in total. The van der Waals surface area contributed by atoms with Gasteiger partial charge in [-0.3, -0.25) is 0 Å². The van der Waals surface area contributed by atoms with Crippen molar-refractivity contribution >= 4 is 15.9 Å². The summed E-state index contributed by atoms with van der Waals surface area (Å²) in [6, 6.07) is 6.59. The van der Waals surface area contributed by atoms with Gasteiger partial charge in [-0.1, -0.05) is 22.0 Å². The van der Waals surface area contributed by atoms with Crippen LogP contribution in [0.25, 0.3) is 0 Å². The third kappa shape index (κ3) is 4.21. The summed E-state index contributed by atoms with van der Waals surface area (Å²) in [6.07, 6.45) is 5.08. The second-order valence-electron chi connectivity index (χ2n) is 5.17. The van der Waals surface area contributed by atoms with Crippen molar-refractivity contribution in [2.24, 2.45) is 0 Å². The van der Waals surface area contributed by atoms with Crippen molar-refractivity contribution < 1.29 is 9.47 Å². The maximum Gasteiger partial charge on any atom is 0.120 e. The Bertz CT molecular complexity index is 419. The van der Waals surface area contributed by atoms with Crippen LogP contribution in [0.1, 0.15) is 44.2 Å². The van der Waals surface area contributed by atoms with Gasteiger partial charge in [0.15, 0.2) is 0 Å². The van der Waals surface area contributed by atoms with Crippen LogP contribution >= 0.6 is 15.9 Å². The summed E-state index contributed by atoms with van der Waals surface area (Å²) in [5, 5.41) is 3.41. The monoisotopic (exact) mass is 341 g/mol. The smallest absolute Gasteiger partial charge is 0.120 e. The lowest BCUT2D eigenvalue weighted by atomic mass is 9.99. The summed E-state index contributed by atoms with van der Waals surface area (Å²) in [6.45, 7) is 3.63. The molecule has 1 aromatic rings. The van der Waals surface area contributed by atoms with Gasteiger partial charge in [0.2, 0.25) is 0 Å². The first-order valence-electron chi connectivity index (χ1n) is 7.45. The van der Waals surface area contributed by atoms with Gasteiger partial charge >= 0.3 is 0 Å². The van der Waals surface area contributed by atoms with E-state index in [9.17, 15) is 0 Å². The van der Waals surface area contributed by atoms with Gasteiger partial charge in [-0.15, -0.1) is 0 Å². The SMILES string of the molecule is CCOc1ccc(C(CCC2CCCO2)NC)c(Br)c1. The Morgan fingerprint density at radius 3 is 2.95 bits per heavy atom. The molecule has 2 unspecified atom stereocenters. The first-order valence-corrected chi connectivity index (χ1v) is 8.25. The lowest BCUT2D eigenvalue weighted by Crippen LogP contribution is -2.19. The Labute approximate surface area is 130 Å². The minimum absolute atomic E-state index is 0.351. The van der Waals surface area contributed by atoms with Gasteiger partial charge in [0, 0.05) is 17.1 Å². The molecule has 0 amide bonds. The molecule has 0 saturated carbocycles. The van der Waals surface area contributed by atoms with Crippen LogP contribution in [0.15, 0.2) is 22.7 Å². The number of hydrogen-bond acceptors (Lipinski definition) is 3. The maximum absolute atomic E-state index is 5.71. The van der Waals surface area contributed by atoms with E-state index in [0.29, 0.717) is 18.8 Å². The fourth-order valence-electron chi connectivity index (χ4n) is 2.73. The Morgan fingerprint density at radius 1 is 1.50 bits per heavy atom. The molecule has 1 fully saturated rings. The summed E-state index contributed by atoms with van der Waals surface area (Å²) in [4.78, 5) is 0. The van der Waals surface area contributed by atoms with E-state index >= 15 is 0 Å². The average molecular weight is 342 g/mol. The fourth-order valence-corrected chi connectivity index (χ4v) is 3.36. The Morgan fingerprint density at radius 2 is 2.35 bits per heavy atom. The molecule has 1 aromatic carbocycles. The van der Waals surface area contributed by atoms with Gasteiger partial charge in [-0.25, -0.2) is 0 Å². The molecule has 0 radical (unpaired) electrons. The number of nitrogens with one attached hydrogen (secondary N) is 1. The maximum atomic E-state index is 5.71. The number of ether oxygens (including phenoxy) is 2. The van der Waals surface area contributed by atoms with Crippen molar-refractivity contribution in [2.75, 3.05) is 20.3 Å². The van der Waals surface area contributed by atoms with E-state index in [1.165, 1.54) is 18.4 Å². The van der Waals surface area contributed by atoms with Crippen molar-refractivity contribution in [3.63, 3.8) is 0 Å². The predicted molar refractivity (Wildman–Crippen MR) is 85.3 cm³/mol. The van der Waals surface area contributed by atoms with Gasteiger partial charge in [0.1, 0.15) is 5.75 Å². The van der Waals surface area contributed by atoms with Crippen LogP contribution in [0.4, 0.5) is 0 Å². The lowest BCUT2D eigenvalue weighted by molar-refractivity contribution is 0.0998. The van der Waals surface area contributed by atoms with Crippen molar-refractivity contribution in [3.8, 4) is 5.75 Å². The molecular weight excluding hydrogens is 318 g/mol. The second-order valence-corrected chi connectivity index (χ2v) is 6.02. The van der Waals surface area contributed by atoms with Crippen molar-refractivity contribution in [1.29, 1.82) is 0 Å². The summed E-state index contributed by atoms with van der Waals surface area (Å²) < 4.78 is 12.3. The van der Waals surface area contributed by atoms with E-state index in [-0.39, 0.29) is 0 Å². The molecule has 0 aliphatic carbocycles. The number of rotatable bonds is 7. The zero-order valence-corrected chi connectivity index (χ0v) is 13.9. The number of hydrogen-bond donors (Lipinski definition) is 1. The second kappa shape index (κ2) is 8.01. The standard InChI is InChI=1S/C16H24BrNO2/c1-3-19-13-6-8-14(15(17)11-13)16(18-2)9-7-12-5-4-10-20-12/h6,8,11-12,16,18H,3-5,7,9-10H2,1-2H3. The van der Waals surface area contributed by atoms with Gasteiger partial charge < -0.3 is 14.8 Å². The molecule has 1 saturated heterocycles. The van der Waals surface area contributed by atoms with E-state index < -0.39 is 0 Å². The van der Waals surface area contributed by atoms with E-state index in [2.05, 4.69) is 33.4 Å². The summed E-state index contributed by atoms with van der Waals surface area (Å²) in [7, 11) is 2.02. The average Bonchev–Trinajstić information content (AvgIpc) is 2.95. The van der Waals surface area contributed by atoms with Crippen LogP contribution in [0, 0.1) is 0 Å². The lowest BCUT2D eigenvalue weighted by Gasteiger charge is -2.20. The predicted octanol–water partition coefficient (Wildman–Crippen LogP) is 4.07. The Balaban J connectivity index is 1.98. The van der Waals surface area contributed by atoms with Crippen molar-refractivity contribution in [3.05, 3.63) is 28.2 Å². The Kier molecular flexibility index (Phi) is 6.33. The molecule has 1 aliphatic heterocycles. The quantitative estimate of drug-likeness (QED) is 0.810. The molecule has 4 heteroatoms. The van der Waals surface area contributed by atoms with Crippen LogP contribution in [-0.4, -0.2) is 26.4 Å². The summed E-state index contributed by atoms with van der Waals surface area (Å²) in [5.74, 6) is 0.914. The topological polar surface area (TPSA) is 30.5 Å². The Hall–Kier alpha value is -0.580. The highest BCUT2D eigenvalue weighted by Crippen LogP contribution is 2.31. The molecule has 3 nitrogen and oxygen atoms in total. The molecule has 1 aliphatic rings. The van der Waals surface area contributed by atoms with E-state index in [0.717, 1.165) is 29.7 Å². The molecule has 1 heterocycles. The van der Waals surface area contributed by atoms with Crippen LogP contribution in [0.3, 0.4) is 0 Å². The van der Waals surface area contributed by atoms with Crippen molar-refractivity contribution in [2.45, 2.75) is 44.8 Å². The van der Waals surface area contributed by atoms with Gasteiger partial charge in [-0.2, -0.15) is 0 Å². The zero-order chi connectivity index (χ0) is 14.4. The zero-order valence-electron chi connectivity index (χ0n) is 12.3. The largest absolute Gasteiger partial charge is 0.494 e. The molecule has 0 spiro atoms. The van der Waals surface area contributed by atoms with Crippen LogP contribution < -0.4 is 10.1 Å². The number of halogens is 1. The molecule has 2 rings (SSSR count). The molecule has 0 aromatic heterocycles. The van der Waals surface area contributed by atoms with E-state index in [1.54, 1.807) is 0 Å². The molecule has 112 valence electrons.